The zero-order valence-electron chi connectivity index (χ0n) is 40.4. The number of hydrogen-bond acceptors (Lipinski definition) is 8. The van der Waals surface area contributed by atoms with Gasteiger partial charge in [0.05, 0.1) is 13.2 Å². The molecule has 0 aromatic rings. The molecule has 0 rings (SSSR count). The summed E-state index contributed by atoms with van der Waals surface area (Å²) < 4.78 is 26.9. The number of carbonyl (C=O) groups is 3. The van der Waals surface area contributed by atoms with E-state index in [-0.39, 0.29) is 12.8 Å². The zero-order chi connectivity index (χ0) is 46.3. The lowest BCUT2D eigenvalue weighted by molar-refractivity contribution is -0.147. The molecule has 0 aliphatic carbocycles. The maximum Gasteiger partial charge on any atom is 0.472 e. The lowest BCUT2D eigenvalue weighted by Crippen LogP contribution is -2.43. The van der Waals surface area contributed by atoms with Gasteiger partial charge in [-0.2, -0.15) is 0 Å². The van der Waals surface area contributed by atoms with E-state index in [1.165, 1.54) is 161 Å². The summed E-state index contributed by atoms with van der Waals surface area (Å²) in [5.41, 5.74) is 0. The van der Waals surface area contributed by atoms with Crippen LogP contribution in [0.2, 0.25) is 0 Å². The summed E-state index contributed by atoms with van der Waals surface area (Å²) in [5.74, 6) is -2.36. The van der Waals surface area contributed by atoms with Crippen molar-refractivity contribution in [3.63, 3.8) is 0 Å². The molecule has 0 saturated heterocycles. The van der Waals surface area contributed by atoms with E-state index in [0.717, 1.165) is 51.4 Å². The fourth-order valence-electron chi connectivity index (χ4n) is 7.47. The molecule has 63 heavy (non-hydrogen) atoms. The first-order chi connectivity index (χ1) is 30.6. The Morgan fingerprint density at radius 2 is 0.873 bits per heavy atom. The molecule has 3 atom stereocenters. The van der Waals surface area contributed by atoms with Gasteiger partial charge in [0.25, 0.3) is 0 Å². The summed E-state index contributed by atoms with van der Waals surface area (Å²) in [6.07, 6.45) is 50.6. The predicted molar refractivity (Wildman–Crippen MR) is 259 cm³/mol. The maximum absolute atomic E-state index is 12.4. The second-order valence-electron chi connectivity index (χ2n) is 17.7. The number of carboxylic acids is 1. The summed E-state index contributed by atoms with van der Waals surface area (Å²) in [4.78, 5) is 46.1. The number of aliphatic hydroxyl groups is 1. The molecule has 0 aliphatic heterocycles. The fraction of sp³-hybridized carbons (Fsp3) is 0.863. The van der Waals surface area contributed by atoms with Gasteiger partial charge in [0, 0.05) is 12.8 Å². The van der Waals surface area contributed by atoms with Crippen LogP contribution in [0.15, 0.2) is 24.3 Å². The number of hydrogen-bond donors (Lipinski definition) is 4. The number of rotatable bonds is 49. The standard InChI is InChI=1S/C51H96NO10P/c1-3-5-7-9-11-13-15-17-19-21-22-23-24-25-27-28-30-32-34-36-38-40-42-49(54)52-48(51(56)57)46-62-63(58,59)61-45-47(53)44-60-50(55)43-41-39-37-35-33-31-29-26-20-18-16-14-12-10-8-6-4-2/h12,14,18,20,47-48,53H,3-11,13,15-17,19,21-46H2,1-2H3,(H,52,54)(H,56,57)(H,58,59)/b14-12-,20-18-. The van der Waals surface area contributed by atoms with E-state index in [4.69, 9.17) is 13.8 Å². The first kappa shape index (κ1) is 61.0. The summed E-state index contributed by atoms with van der Waals surface area (Å²) >= 11 is 0. The SMILES string of the molecule is CCCCC/C=C\C/C=C\CCCCCCCCCC(=O)OCC(O)COP(=O)(O)OCC(NC(=O)CCCCCCCCCCCCCCCCCCCCCCCC)C(=O)O. The van der Waals surface area contributed by atoms with E-state index >= 15 is 0 Å². The Bertz CT molecular complexity index is 1160. The Morgan fingerprint density at radius 1 is 0.508 bits per heavy atom. The molecular formula is C51H96NO10P. The number of allylic oxidation sites excluding steroid dienone is 4. The van der Waals surface area contributed by atoms with Crippen molar-refractivity contribution in [2.45, 2.75) is 264 Å². The predicted octanol–water partition coefficient (Wildman–Crippen LogP) is 14.2. The van der Waals surface area contributed by atoms with E-state index in [0.29, 0.717) is 12.8 Å². The normalized spacial score (nSPS) is 13.7. The molecule has 4 N–H and O–H groups in total. The highest BCUT2D eigenvalue weighted by Crippen LogP contribution is 2.43. The molecule has 0 aliphatic rings. The minimum atomic E-state index is -4.76. The topological polar surface area (TPSA) is 169 Å². The van der Waals surface area contributed by atoms with Crippen molar-refractivity contribution in [1.82, 2.24) is 5.32 Å². The molecule has 0 bridgehead atoms. The second kappa shape index (κ2) is 46.5. The number of amides is 1. The molecule has 1 amide bonds. The number of carbonyl (C=O) groups excluding carboxylic acids is 2. The van der Waals surface area contributed by atoms with Crippen LogP contribution in [0.25, 0.3) is 0 Å². The number of phosphoric acid groups is 1. The van der Waals surface area contributed by atoms with Crippen LogP contribution in [0, 0.1) is 0 Å². The number of aliphatic hydroxyl groups excluding tert-OH is 1. The third-order valence-electron chi connectivity index (χ3n) is 11.5. The third-order valence-corrected chi connectivity index (χ3v) is 12.4. The highest BCUT2D eigenvalue weighted by Gasteiger charge is 2.28. The van der Waals surface area contributed by atoms with Crippen LogP contribution < -0.4 is 5.32 Å². The highest BCUT2D eigenvalue weighted by atomic mass is 31.2. The van der Waals surface area contributed by atoms with Gasteiger partial charge in [0.1, 0.15) is 12.7 Å². The number of carboxylic acid groups (broad SMARTS) is 1. The van der Waals surface area contributed by atoms with E-state index in [2.05, 4.69) is 43.5 Å². The molecule has 3 unspecified atom stereocenters. The molecule has 0 heterocycles. The van der Waals surface area contributed by atoms with Crippen molar-refractivity contribution in [2.75, 3.05) is 19.8 Å². The van der Waals surface area contributed by atoms with Gasteiger partial charge in [-0.1, -0.05) is 218 Å². The van der Waals surface area contributed by atoms with E-state index < -0.39 is 57.6 Å². The first-order valence-electron chi connectivity index (χ1n) is 25.9. The van der Waals surface area contributed by atoms with E-state index in [1.807, 2.05) is 0 Å². The molecule has 11 nitrogen and oxygen atoms in total. The van der Waals surface area contributed by atoms with Crippen LogP contribution in [0.5, 0.6) is 0 Å². The summed E-state index contributed by atoms with van der Waals surface area (Å²) in [6, 6.07) is -1.54. The van der Waals surface area contributed by atoms with Crippen molar-refractivity contribution in [3.8, 4) is 0 Å². The van der Waals surface area contributed by atoms with Gasteiger partial charge in [-0.25, -0.2) is 9.36 Å². The summed E-state index contributed by atoms with van der Waals surface area (Å²) in [6.45, 7) is 2.61. The number of esters is 1. The number of ether oxygens (including phenoxy) is 1. The molecule has 0 aromatic carbocycles. The van der Waals surface area contributed by atoms with E-state index in [9.17, 15) is 34.1 Å². The molecule has 0 spiro atoms. The Labute approximate surface area is 385 Å². The van der Waals surface area contributed by atoms with Gasteiger partial charge in [-0.15, -0.1) is 0 Å². The summed E-state index contributed by atoms with van der Waals surface area (Å²) in [7, 11) is -4.76. The average molecular weight is 914 g/mol. The van der Waals surface area contributed by atoms with Gasteiger partial charge in [0.15, 0.2) is 6.04 Å². The van der Waals surface area contributed by atoms with Gasteiger partial charge < -0.3 is 25.2 Å². The number of nitrogens with one attached hydrogen (secondary N) is 1. The Morgan fingerprint density at radius 3 is 1.32 bits per heavy atom. The Hall–Kier alpha value is -2.04. The lowest BCUT2D eigenvalue weighted by Gasteiger charge is -2.18. The monoisotopic (exact) mass is 914 g/mol. The highest BCUT2D eigenvalue weighted by molar-refractivity contribution is 7.47. The van der Waals surface area contributed by atoms with Gasteiger partial charge in [-0.05, 0) is 44.9 Å². The van der Waals surface area contributed by atoms with Gasteiger partial charge >= 0.3 is 19.8 Å². The molecule has 370 valence electrons. The van der Waals surface area contributed by atoms with Crippen LogP contribution in [0.3, 0.4) is 0 Å². The minimum Gasteiger partial charge on any atom is -0.480 e. The molecule has 0 fully saturated rings. The van der Waals surface area contributed by atoms with Crippen LogP contribution in [-0.4, -0.2) is 64.9 Å². The lowest BCUT2D eigenvalue weighted by atomic mass is 10.0. The molecule has 0 saturated carbocycles. The average Bonchev–Trinajstić information content (AvgIpc) is 3.26. The maximum atomic E-state index is 12.4. The Kier molecular flexibility index (Phi) is 45.0. The summed E-state index contributed by atoms with van der Waals surface area (Å²) in [5, 5.41) is 21.9. The van der Waals surface area contributed by atoms with Crippen molar-refractivity contribution in [2.24, 2.45) is 0 Å². The van der Waals surface area contributed by atoms with Crippen molar-refractivity contribution in [3.05, 3.63) is 24.3 Å². The second-order valence-corrected chi connectivity index (χ2v) is 19.2. The number of phosphoric ester groups is 1. The van der Waals surface area contributed by atoms with Gasteiger partial charge in [-0.3, -0.25) is 18.6 Å². The molecule has 12 heteroatoms. The minimum absolute atomic E-state index is 0.150. The van der Waals surface area contributed by atoms with Crippen LogP contribution >= 0.6 is 7.82 Å². The first-order valence-corrected chi connectivity index (χ1v) is 27.4. The zero-order valence-corrected chi connectivity index (χ0v) is 41.3. The van der Waals surface area contributed by atoms with E-state index in [1.54, 1.807) is 0 Å². The van der Waals surface area contributed by atoms with Crippen molar-refractivity contribution >= 4 is 25.7 Å². The fourth-order valence-corrected chi connectivity index (χ4v) is 8.24. The molecule has 0 radical (unpaired) electrons. The van der Waals surface area contributed by atoms with Crippen molar-refractivity contribution < 1.29 is 47.8 Å². The third kappa shape index (κ3) is 46.3. The van der Waals surface area contributed by atoms with Crippen LogP contribution in [-0.2, 0) is 32.7 Å². The Balaban J connectivity index is 3.80. The van der Waals surface area contributed by atoms with Crippen LogP contribution in [0.4, 0.5) is 0 Å². The molecule has 0 aromatic heterocycles. The van der Waals surface area contributed by atoms with Crippen LogP contribution in [0.1, 0.15) is 251 Å². The van der Waals surface area contributed by atoms with Crippen molar-refractivity contribution in [1.29, 1.82) is 0 Å². The quantitative estimate of drug-likeness (QED) is 0.0199. The number of aliphatic carboxylic acids is 1. The number of unbranched alkanes of at least 4 members (excludes halogenated alkanes) is 31. The smallest absolute Gasteiger partial charge is 0.472 e. The largest absolute Gasteiger partial charge is 0.480 e. The van der Waals surface area contributed by atoms with Gasteiger partial charge in [0.2, 0.25) is 5.91 Å². The molecular weight excluding hydrogens is 818 g/mol.